The van der Waals surface area contributed by atoms with Gasteiger partial charge in [-0.15, -0.1) is 0 Å². The first kappa shape index (κ1) is 23.7. The molecule has 1 aliphatic rings. The lowest BCUT2D eigenvalue weighted by molar-refractivity contribution is -0.132. The molecule has 1 heterocycles. The molecule has 0 aliphatic carbocycles. The Morgan fingerprint density at radius 3 is 2.32 bits per heavy atom. The van der Waals surface area contributed by atoms with Crippen LogP contribution in [-0.2, 0) is 16.0 Å². The summed E-state index contributed by atoms with van der Waals surface area (Å²) in [6.07, 6.45) is 0.810. The molecule has 0 spiro atoms. The maximum Gasteiger partial charge on any atom is 0.300 e. The molecular formula is C26H21Cl2NO5. The number of aryl methyl sites for hydroxylation is 1. The zero-order valence-electron chi connectivity index (χ0n) is 18.4. The summed E-state index contributed by atoms with van der Waals surface area (Å²) in [7, 11) is 1.46. The number of aromatic hydroxyl groups is 1. The van der Waals surface area contributed by atoms with Crippen LogP contribution in [0.3, 0.4) is 0 Å². The molecule has 1 aliphatic heterocycles. The van der Waals surface area contributed by atoms with Crippen molar-refractivity contribution in [3.05, 3.63) is 93.0 Å². The highest BCUT2D eigenvalue weighted by atomic mass is 35.5. The van der Waals surface area contributed by atoms with E-state index in [2.05, 4.69) is 0 Å². The summed E-state index contributed by atoms with van der Waals surface area (Å²) in [5, 5.41) is 21.4. The van der Waals surface area contributed by atoms with Crippen molar-refractivity contribution in [2.75, 3.05) is 12.0 Å². The number of carbonyl (C=O) groups excluding carboxylic acids is 2. The molecule has 0 aromatic heterocycles. The van der Waals surface area contributed by atoms with Crippen LogP contribution in [-0.4, -0.2) is 29.0 Å². The molecule has 3 aromatic rings. The van der Waals surface area contributed by atoms with E-state index in [9.17, 15) is 19.8 Å². The lowest BCUT2D eigenvalue weighted by Crippen LogP contribution is -2.29. The minimum atomic E-state index is -1.01. The SMILES string of the molecule is CCc1ccc(N2C(=O)C(=O)/C(=C(/O)c3cc(OC)ccc3Cl)C2c2ccc(O)c(Cl)c2)cc1. The van der Waals surface area contributed by atoms with Gasteiger partial charge < -0.3 is 14.9 Å². The van der Waals surface area contributed by atoms with Crippen LogP contribution in [0.4, 0.5) is 5.69 Å². The van der Waals surface area contributed by atoms with Gasteiger partial charge in [0.15, 0.2) is 0 Å². The van der Waals surface area contributed by atoms with Gasteiger partial charge in [0.2, 0.25) is 0 Å². The Morgan fingerprint density at radius 1 is 1.00 bits per heavy atom. The number of rotatable bonds is 5. The summed E-state index contributed by atoms with van der Waals surface area (Å²) in [5.74, 6) is -1.85. The number of phenolic OH excluding ortho intramolecular Hbond substituents is 1. The number of Topliss-reactive ketones (excluding diaryl/α,β-unsaturated/α-hetero) is 1. The van der Waals surface area contributed by atoms with Gasteiger partial charge in [-0.3, -0.25) is 14.5 Å². The van der Waals surface area contributed by atoms with Crippen molar-refractivity contribution in [3.63, 3.8) is 0 Å². The fraction of sp³-hybridized carbons (Fsp3) is 0.154. The maximum absolute atomic E-state index is 13.3. The van der Waals surface area contributed by atoms with Gasteiger partial charge in [-0.05, 0) is 60.0 Å². The number of benzene rings is 3. The normalized spacial score (nSPS) is 17.3. The Labute approximate surface area is 206 Å². The van der Waals surface area contributed by atoms with Crippen LogP contribution in [0, 0.1) is 0 Å². The Balaban J connectivity index is 1.97. The van der Waals surface area contributed by atoms with Crippen LogP contribution in [0.25, 0.3) is 5.76 Å². The van der Waals surface area contributed by atoms with Crippen molar-refractivity contribution < 1.29 is 24.5 Å². The number of hydrogen-bond donors (Lipinski definition) is 2. The second kappa shape index (κ2) is 9.41. The van der Waals surface area contributed by atoms with Crippen LogP contribution in [0.1, 0.15) is 29.7 Å². The molecule has 0 radical (unpaired) electrons. The van der Waals surface area contributed by atoms with E-state index in [0.29, 0.717) is 17.0 Å². The lowest BCUT2D eigenvalue weighted by atomic mass is 9.95. The molecular weight excluding hydrogens is 477 g/mol. The minimum Gasteiger partial charge on any atom is -0.507 e. The fourth-order valence-electron chi connectivity index (χ4n) is 3.96. The number of aliphatic hydroxyl groups is 1. The third kappa shape index (κ3) is 4.11. The molecule has 2 N–H and O–H groups in total. The van der Waals surface area contributed by atoms with E-state index in [1.54, 1.807) is 24.3 Å². The number of hydrogen-bond acceptors (Lipinski definition) is 5. The smallest absolute Gasteiger partial charge is 0.300 e. The van der Waals surface area contributed by atoms with E-state index in [4.69, 9.17) is 27.9 Å². The summed E-state index contributed by atoms with van der Waals surface area (Å²) >= 11 is 12.5. The number of anilines is 1. The molecule has 1 fully saturated rings. The third-order valence-corrected chi connectivity index (χ3v) is 6.42. The second-order valence-electron chi connectivity index (χ2n) is 7.75. The van der Waals surface area contributed by atoms with Crippen LogP contribution in [0.15, 0.2) is 66.2 Å². The highest BCUT2D eigenvalue weighted by Crippen LogP contribution is 2.44. The summed E-state index contributed by atoms with van der Waals surface area (Å²) in [6.45, 7) is 2.01. The number of nitrogens with zero attached hydrogens (tertiary/aromatic N) is 1. The second-order valence-corrected chi connectivity index (χ2v) is 8.56. The summed E-state index contributed by atoms with van der Waals surface area (Å²) < 4.78 is 5.22. The van der Waals surface area contributed by atoms with Gasteiger partial charge in [0, 0.05) is 11.3 Å². The topological polar surface area (TPSA) is 87.1 Å². The first-order valence-corrected chi connectivity index (χ1v) is 11.2. The Morgan fingerprint density at radius 2 is 1.71 bits per heavy atom. The van der Waals surface area contributed by atoms with Gasteiger partial charge in [-0.1, -0.05) is 48.3 Å². The van der Waals surface area contributed by atoms with E-state index in [1.165, 1.54) is 36.3 Å². The fourth-order valence-corrected chi connectivity index (χ4v) is 4.35. The molecule has 0 bridgehead atoms. The molecule has 6 nitrogen and oxygen atoms in total. The number of amides is 1. The molecule has 1 saturated heterocycles. The van der Waals surface area contributed by atoms with Crippen molar-refractivity contribution in [1.82, 2.24) is 0 Å². The lowest BCUT2D eigenvalue weighted by Gasteiger charge is -2.26. The van der Waals surface area contributed by atoms with E-state index in [1.807, 2.05) is 19.1 Å². The van der Waals surface area contributed by atoms with Crippen molar-refractivity contribution in [2.24, 2.45) is 0 Å². The van der Waals surface area contributed by atoms with Crippen LogP contribution < -0.4 is 9.64 Å². The number of aliphatic hydroxyl groups excluding tert-OH is 1. The van der Waals surface area contributed by atoms with Gasteiger partial charge >= 0.3 is 0 Å². The summed E-state index contributed by atoms with van der Waals surface area (Å²) in [6, 6.07) is 15.2. The zero-order chi connectivity index (χ0) is 24.6. The van der Waals surface area contributed by atoms with E-state index >= 15 is 0 Å². The van der Waals surface area contributed by atoms with E-state index in [-0.39, 0.29) is 26.9 Å². The average molecular weight is 498 g/mol. The zero-order valence-corrected chi connectivity index (χ0v) is 19.9. The van der Waals surface area contributed by atoms with Gasteiger partial charge in [0.1, 0.15) is 17.3 Å². The first-order valence-electron chi connectivity index (χ1n) is 10.5. The number of ketones is 1. The Kier molecular flexibility index (Phi) is 6.55. The third-order valence-electron chi connectivity index (χ3n) is 5.78. The number of halogens is 2. The Hall–Kier alpha value is -3.48. The summed E-state index contributed by atoms with van der Waals surface area (Å²) in [4.78, 5) is 27.8. The average Bonchev–Trinajstić information content (AvgIpc) is 3.11. The monoisotopic (exact) mass is 497 g/mol. The van der Waals surface area contributed by atoms with E-state index in [0.717, 1.165) is 12.0 Å². The molecule has 0 saturated carbocycles. The van der Waals surface area contributed by atoms with Gasteiger partial charge in [-0.25, -0.2) is 0 Å². The number of carbonyl (C=O) groups is 2. The molecule has 1 unspecified atom stereocenters. The minimum absolute atomic E-state index is 0.0452. The molecule has 8 heteroatoms. The maximum atomic E-state index is 13.3. The quantitative estimate of drug-likeness (QED) is 0.260. The summed E-state index contributed by atoms with van der Waals surface area (Å²) in [5.41, 5.74) is 1.97. The van der Waals surface area contributed by atoms with Crippen LogP contribution in [0.2, 0.25) is 10.0 Å². The highest BCUT2D eigenvalue weighted by molar-refractivity contribution is 6.52. The van der Waals surface area contributed by atoms with Crippen molar-refractivity contribution >= 4 is 46.3 Å². The number of phenols is 1. The van der Waals surface area contributed by atoms with Crippen molar-refractivity contribution in [2.45, 2.75) is 19.4 Å². The van der Waals surface area contributed by atoms with Gasteiger partial charge in [0.05, 0.1) is 28.8 Å². The number of methoxy groups -OCH3 is 1. The van der Waals surface area contributed by atoms with Crippen LogP contribution in [0.5, 0.6) is 11.5 Å². The number of ether oxygens (including phenoxy) is 1. The Bertz CT molecular complexity index is 1320. The van der Waals surface area contributed by atoms with Crippen molar-refractivity contribution in [1.29, 1.82) is 0 Å². The van der Waals surface area contributed by atoms with Gasteiger partial charge in [0.25, 0.3) is 11.7 Å². The van der Waals surface area contributed by atoms with Crippen molar-refractivity contribution in [3.8, 4) is 11.5 Å². The highest BCUT2D eigenvalue weighted by Gasteiger charge is 2.47. The predicted octanol–water partition coefficient (Wildman–Crippen LogP) is 5.90. The standard InChI is InChI=1S/C26H21Cl2NO5/c1-3-14-4-7-16(8-5-14)29-23(15-6-11-21(30)20(28)12-15)22(25(32)26(29)33)24(31)18-13-17(34-2)9-10-19(18)27/h4-13,23,30-31H,3H2,1-2H3/b24-22+. The predicted molar refractivity (Wildman–Crippen MR) is 132 cm³/mol. The van der Waals surface area contributed by atoms with Gasteiger partial charge in [-0.2, -0.15) is 0 Å². The van der Waals surface area contributed by atoms with E-state index < -0.39 is 23.5 Å². The molecule has 34 heavy (non-hydrogen) atoms. The largest absolute Gasteiger partial charge is 0.507 e. The molecule has 3 aromatic carbocycles. The molecule has 174 valence electrons. The van der Waals surface area contributed by atoms with Crippen LogP contribution >= 0.6 is 23.2 Å². The molecule has 4 rings (SSSR count). The first-order chi connectivity index (χ1) is 16.3. The molecule has 1 amide bonds. The molecule has 1 atom stereocenters.